The summed E-state index contributed by atoms with van der Waals surface area (Å²) < 4.78 is 15.7. The van der Waals surface area contributed by atoms with Crippen LogP contribution in [0.2, 0.25) is 0 Å². The lowest BCUT2D eigenvalue weighted by molar-refractivity contribution is 0.536. The third kappa shape index (κ3) is 2.86. The predicted molar refractivity (Wildman–Crippen MR) is 125 cm³/mol. The van der Waals surface area contributed by atoms with Crippen LogP contribution in [0.4, 0.5) is 10.2 Å². The molecular weight excluding hydrogens is 433 g/mol. The molecule has 2 fully saturated rings. The van der Waals surface area contributed by atoms with Crippen molar-refractivity contribution in [2.24, 2.45) is 5.41 Å². The first kappa shape index (κ1) is 19.3. The number of fused-ring (bicyclic) bond motifs is 2. The summed E-state index contributed by atoms with van der Waals surface area (Å²) in [6.45, 7) is 0.814. The van der Waals surface area contributed by atoms with Crippen LogP contribution >= 0.6 is 0 Å². The summed E-state index contributed by atoms with van der Waals surface area (Å²) in [5.74, 6) is 0.926. The second-order valence-corrected chi connectivity index (χ2v) is 9.25. The highest BCUT2D eigenvalue weighted by molar-refractivity contribution is 5.83. The second kappa shape index (κ2) is 6.93. The number of nitrogens with one attached hydrogen (secondary N) is 1. The average Bonchev–Trinajstić information content (AvgIpc) is 3.26. The smallest absolute Gasteiger partial charge is 0.266 e. The number of rotatable bonds is 3. The lowest BCUT2D eigenvalue weighted by atomic mass is 10.0. The zero-order valence-electron chi connectivity index (χ0n) is 18.1. The van der Waals surface area contributed by atoms with Crippen molar-refractivity contribution in [2.45, 2.75) is 25.3 Å². The minimum absolute atomic E-state index is 0.180. The number of anilines is 1. The molecule has 3 aromatic heterocycles. The molecule has 0 bridgehead atoms. The lowest BCUT2D eigenvalue weighted by Crippen LogP contribution is -2.32. The molecule has 1 N–H and O–H groups in total. The van der Waals surface area contributed by atoms with E-state index in [-0.39, 0.29) is 22.4 Å². The highest BCUT2D eigenvalue weighted by Crippen LogP contribution is 2.59. The Kier molecular flexibility index (Phi) is 3.94. The Balaban J connectivity index is 1.50. The Morgan fingerprint density at radius 1 is 1.06 bits per heavy atom. The fourth-order valence-corrected chi connectivity index (χ4v) is 5.24. The molecule has 1 saturated carbocycles. The van der Waals surface area contributed by atoms with Crippen molar-refractivity contribution < 1.29 is 4.39 Å². The van der Waals surface area contributed by atoms with Gasteiger partial charge < -0.3 is 9.88 Å². The van der Waals surface area contributed by atoms with Crippen molar-refractivity contribution in [2.75, 3.05) is 11.4 Å². The number of nitrogens with zero attached hydrogens (tertiary/aromatic N) is 6. The maximum atomic E-state index is 14.1. The van der Waals surface area contributed by atoms with Gasteiger partial charge in [0.05, 0.1) is 29.0 Å². The first-order valence-corrected chi connectivity index (χ1v) is 11.3. The number of imidazole rings is 1. The van der Waals surface area contributed by atoms with Gasteiger partial charge in [-0.15, -0.1) is 0 Å². The van der Waals surface area contributed by atoms with Gasteiger partial charge in [0.1, 0.15) is 23.5 Å². The molecule has 4 heterocycles. The first-order chi connectivity index (χ1) is 16.6. The van der Waals surface area contributed by atoms with Crippen LogP contribution in [-0.2, 0) is 0 Å². The van der Waals surface area contributed by atoms with E-state index in [4.69, 9.17) is 4.98 Å². The van der Waals surface area contributed by atoms with Crippen molar-refractivity contribution in [3.8, 4) is 5.69 Å². The highest BCUT2D eigenvalue weighted by Gasteiger charge is 2.54. The van der Waals surface area contributed by atoms with E-state index in [1.165, 1.54) is 18.5 Å². The predicted octanol–water partition coefficient (Wildman–Crippen LogP) is 3.92. The number of hydrogen-bond donors (Lipinski definition) is 1. The highest BCUT2D eigenvalue weighted by atomic mass is 19.1. The Hall–Kier alpha value is -4.14. The molecular formula is C25H20FN7O. The Labute approximate surface area is 193 Å². The van der Waals surface area contributed by atoms with Crippen molar-refractivity contribution >= 4 is 27.9 Å². The van der Waals surface area contributed by atoms with Crippen LogP contribution in [0.5, 0.6) is 0 Å². The molecule has 0 unspecified atom stereocenters. The normalized spacial score (nSPS) is 18.9. The van der Waals surface area contributed by atoms with Crippen molar-refractivity contribution in [1.29, 1.82) is 0 Å². The maximum absolute atomic E-state index is 14.1. The molecule has 2 aromatic carbocycles. The van der Waals surface area contributed by atoms with Crippen LogP contribution in [0.3, 0.4) is 0 Å². The zero-order chi connectivity index (χ0) is 22.9. The summed E-state index contributed by atoms with van der Waals surface area (Å²) in [6.07, 6.45) is 6.26. The van der Waals surface area contributed by atoms with Gasteiger partial charge in [0.25, 0.3) is 5.56 Å². The lowest BCUT2D eigenvalue weighted by Gasteiger charge is -2.27. The van der Waals surface area contributed by atoms with Gasteiger partial charge in [-0.25, -0.2) is 24.3 Å². The molecule has 2 aliphatic rings. The molecule has 5 aromatic rings. The van der Waals surface area contributed by atoms with E-state index >= 15 is 0 Å². The number of halogens is 1. The van der Waals surface area contributed by atoms with Crippen molar-refractivity contribution in [3.63, 3.8) is 0 Å². The number of aromatic amines is 1. The zero-order valence-corrected chi connectivity index (χ0v) is 18.1. The van der Waals surface area contributed by atoms with Gasteiger partial charge in [-0.05, 0) is 55.0 Å². The van der Waals surface area contributed by atoms with Crippen LogP contribution in [0, 0.1) is 11.2 Å². The number of para-hydroxylation sites is 1. The quantitative estimate of drug-likeness (QED) is 0.445. The van der Waals surface area contributed by atoms with E-state index in [1.807, 2.05) is 30.3 Å². The third-order valence-corrected chi connectivity index (χ3v) is 7.11. The number of benzene rings is 2. The number of H-pyrrole nitrogens is 1. The first-order valence-electron chi connectivity index (χ1n) is 11.3. The molecule has 168 valence electrons. The summed E-state index contributed by atoms with van der Waals surface area (Å²) in [7, 11) is 0. The van der Waals surface area contributed by atoms with Crippen LogP contribution in [0.15, 0.2) is 66.0 Å². The minimum atomic E-state index is -0.458. The monoisotopic (exact) mass is 453 g/mol. The van der Waals surface area contributed by atoms with Gasteiger partial charge in [0.2, 0.25) is 0 Å². The van der Waals surface area contributed by atoms with E-state index in [2.05, 4.69) is 24.8 Å². The Morgan fingerprint density at radius 2 is 1.91 bits per heavy atom. The number of aromatic nitrogens is 6. The Morgan fingerprint density at radius 3 is 2.74 bits per heavy atom. The molecule has 1 aliphatic heterocycles. The summed E-state index contributed by atoms with van der Waals surface area (Å²) >= 11 is 0. The average molecular weight is 453 g/mol. The van der Waals surface area contributed by atoms with Gasteiger partial charge in [0.15, 0.2) is 11.5 Å². The fourth-order valence-electron chi connectivity index (χ4n) is 5.24. The van der Waals surface area contributed by atoms with E-state index < -0.39 is 5.82 Å². The molecule has 1 atom stereocenters. The van der Waals surface area contributed by atoms with Crippen molar-refractivity contribution in [3.05, 3.63) is 83.2 Å². The number of hydrogen-bond acceptors (Lipinski definition) is 6. The Bertz CT molecular complexity index is 1620. The topological polar surface area (TPSA) is 92.6 Å². The standard InChI is InChI=1S/C25H20FN7O/c26-15-6-7-18-17(10-15)24(34)33(16-4-2-1-3-5-16)22(31-18)19-11-25(8-9-25)12-32(19)23-20-21(28-13-27-20)29-14-30-23/h1-7,10,13-14,19H,8-9,11-12H2,(H,27,28,29,30)/t19-/m0/s1. The molecule has 0 amide bonds. The van der Waals surface area contributed by atoms with Gasteiger partial charge in [-0.2, -0.15) is 0 Å². The summed E-state index contributed by atoms with van der Waals surface area (Å²) in [6, 6.07) is 13.4. The maximum Gasteiger partial charge on any atom is 0.266 e. The molecule has 9 heteroatoms. The van der Waals surface area contributed by atoms with Crippen LogP contribution in [0.25, 0.3) is 27.8 Å². The summed E-state index contributed by atoms with van der Waals surface area (Å²) in [5, 5.41) is 0.260. The van der Waals surface area contributed by atoms with Crippen LogP contribution < -0.4 is 10.5 Å². The third-order valence-electron chi connectivity index (χ3n) is 7.11. The molecule has 8 nitrogen and oxygen atoms in total. The molecule has 7 rings (SSSR count). The second-order valence-electron chi connectivity index (χ2n) is 9.25. The summed E-state index contributed by atoms with van der Waals surface area (Å²) in [5.41, 5.74) is 2.45. The molecule has 1 aliphatic carbocycles. The van der Waals surface area contributed by atoms with Crippen molar-refractivity contribution in [1.82, 2.24) is 29.5 Å². The van der Waals surface area contributed by atoms with Crippen LogP contribution in [-0.4, -0.2) is 36.0 Å². The van der Waals surface area contributed by atoms with Gasteiger partial charge >= 0.3 is 0 Å². The molecule has 1 spiro atoms. The molecule has 34 heavy (non-hydrogen) atoms. The fraction of sp³-hybridized carbons (Fsp3) is 0.240. The molecule has 0 radical (unpaired) electrons. The van der Waals surface area contributed by atoms with E-state index in [0.29, 0.717) is 22.7 Å². The van der Waals surface area contributed by atoms with Crippen LogP contribution in [0.1, 0.15) is 31.1 Å². The van der Waals surface area contributed by atoms with Gasteiger partial charge in [-0.1, -0.05) is 18.2 Å². The van der Waals surface area contributed by atoms with Gasteiger partial charge in [-0.3, -0.25) is 9.36 Å². The van der Waals surface area contributed by atoms with Gasteiger partial charge in [0, 0.05) is 6.54 Å². The minimum Gasteiger partial charge on any atom is -0.344 e. The van der Waals surface area contributed by atoms with E-state index in [1.54, 1.807) is 17.0 Å². The van der Waals surface area contributed by atoms with E-state index in [0.717, 1.165) is 37.1 Å². The van der Waals surface area contributed by atoms with E-state index in [9.17, 15) is 9.18 Å². The molecule has 1 saturated heterocycles. The largest absolute Gasteiger partial charge is 0.344 e. The SMILES string of the molecule is O=c1c2cc(F)ccc2nc([C@@H]2CC3(CC3)CN2c2ncnc3nc[nH]c23)n1-c1ccccc1. The summed E-state index contributed by atoms with van der Waals surface area (Å²) in [4.78, 5) is 37.3.